The smallest absolute Gasteiger partial charge is 0.341 e. The van der Waals surface area contributed by atoms with Crippen LogP contribution in [0.15, 0.2) is 24.3 Å². The summed E-state index contributed by atoms with van der Waals surface area (Å²) >= 11 is 12.3. The number of carbonyl (C=O) groups is 3. The first kappa shape index (κ1) is 21.1. The number of carbonyl (C=O) groups excluding carboxylic acids is 2. The van der Waals surface area contributed by atoms with E-state index in [0.717, 1.165) is 6.42 Å². The van der Waals surface area contributed by atoms with Crippen LogP contribution in [0.3, 0.4) is 0 Å². The lowest BCUT2D eigenvalue weighted by Crippen LogP contribution is -2.39. The number of benzene rings is 1. The second kappa shape index (κ2) is 8.63. The number of hydrogen-bond donors (Lipinski definition) is 1. The van der Waals surface area contributed by atoms with Crippen LogP contribution < -0.4 is 4.74 Å². The van der Waals surface area contributed by atoms with Crippen molar-refractivity contribution in [3.8, 4) is 5.75 Å². The van der Waals surface area contributed by atoms with E-state index >= 15 is 0 Å². The molecule has 1 fully saturated rings. The van der Waals surface area contributed by atoms with Crippen molar-refractivity contribution >= 4 is 41.1 Å². The molecule has 1 aliphatic rings. The lowest BCUT2D eigenvalue weighted by molar-refractivity contribution is -0.171. The monoisotopic (exact) mass is 416 g/mol. The Labute approximate surface area is 165 Å². The van der Waals surface area contributed by atoms with Crippen molar-refractivity contribution in [2.24, 2.45) is 0 Å². The molecule has 0 amide bonds. The van der Waals surface area contributed by atoms with Gasteiger partial charge in [0, 0.05) is 5.57 Å². The highest BCUT2D eigenvalue weighted by molar-refractivity contribution is 6.37. The summed E-state index contributed by atoms with van der Waals surface area (Å²) in [6, 6.07) is 3.27. The number of hydrogen-bond acceptors (Lipinski definition) is 6. The molecule has 0 heterocycles. The molecule has 0 atom stereocenters. The number of halogens is 2. The zero-order valence-electron chi connectivity index (χ0n) is 14.5. The average molecular weight is 417 g/mol. The molecule has 9 heteroatoms. The van der Waals surface area contributed by atoms with Gasteiger partial charge >= 0.3 is 17.9 Å². The van der Waals surface area contributed by atoms with E-state index in [1.807, 2.05) is 0 Å². The zero-order chi connectivity index (χ0) is 20.2. The van der Waals surface area contributed by atoms with E-state index < -0.39 is 36.5 Å². The minimum absolute atomic E-state index is 0.193. The quantitative estimate of drug-likeness (QED) is 0.511. The van der Waals surface area contributed by atoms with Gasteiger partial charge in [0.1, 0.15) is 5.60 Å². The topological polar surface area (TPSA) is 99.1 Å². The van der Waals surface area contributed by atoms with E-state index in [9.17, 15) is 14.4 Å². The van der Waals surface area contributed by atoms with Gasteiger partial charge in [-0.25, -0.2) is 9.59 Å². The van der Waals surface area contributed by atoms with Gasteiger partial charge in [0.05, 0.1) is 23.6 Å². The molecule has 1 aromatic carbocycles. The maximum Gasteiger partial charge on any atom is 0.341 e. The molecule has 0 saturated heterocycles. The van der Waals surface area contributed by atoms with Crippen LogP contribution >= 0.6 is 23.2 Å². The minimum Gasteiger partial charge on any atom is -0.494 e. The van der Waals surface area contributed by atoms with Crippen molar-refractivity contribution < 1.29 is 33.7 Å². The number of carboxylic acid groups (broad SMARTS) is 1. The predicted molar refractivity (Wildman–Crippen MR) is 97.0 cm³/mol. The van der Waals surface area contributed by atoms with Gasteiger partial charge < -0.3 is 19.3 Å². The number of ether oxygens (including phenoxy) is 3. The van der Waals surface area contributed by atoms with Crippen LogP contribution in [0.2, 0.25) is 10.0 Å². The van der Waals surface area contributed by atoms with Gasteiger partial charge in [-0.3, -0.25) is 4.79 Å². The SMILES string of the molecule is C=C(CC(=O)OC1(c2cc(Cl)c(OC)c(Cl)c2)CCC1)C(=O)OCC(=O)O. The lowest BCUT2D eigenvalue weighted by Gasteiger charge is -2.41. The molecule has 1 aliphatic carbocycles. The molecule has 1 N–H and O–H groups in total. The van der Waals surface area contributed by atoms with E-state index in [-0.39, 0.29) is 5.57 Å². The van der Waals surface area contributed by atoms with Crippen LogP contribution in [0.5, 0.6) is 5.75 Å². The molecule has 0 spiro atoms. The Balaban J connectivity index is 2.08. The maximum absolute atomic E-state index is 12.3. The first-order valence-corrected chi connectivity index (χ1v) is 8.76. The van der Waals surface area contributed by atoms with E-state index in [2.05, 4.69) is 11.3 Å². The zero-order valence-corrected chi connectivity index (χ0v) is 16.1. The van der Waals surface area contributed by atoms with E-state index in [1.54, 1.807) is 12.1 Å². The van der Waals surface area contributed by atoms with Crippen LogP contribution in [0.1, 0.15) is 31.2 Å². The predicted octanol–water partition coefficient (Wildman–Crippen LogP) is 3.50. The third-order valence-corrected chi connectivity index (χ3v) is 4.73. The summed E-state index contributed by atoms with van der Waals surface area (Å²) < 4.78 is 15.2. The normalized spacial score (nSPS) is 14.6. The van der Waals surface area contributed by atoms with Crippen LogP contribution in [0.4, 0.5) is 0 Å². The first-order chi connectivity index (χ1) is 12.7. The van der Waals surface area contributed by atoms with Gasteiger partial charge in [0.2, 0.25) is 0 Å². The summed E-state index contributed by atoms with van der Waals surface area (Å²) in [6.45, 7) is 2.64. The summed E-state index contributed by atoms with van der Waals surface area (Å²) in [5.41, 5.74) is -0.444. The number of aliphatic carboxylic acids is 1. The molecule has 1 aromatic rings. The van der Waals surface area contributed by atoms with Crippen LogP contribution in [-0.2, 0) is 29.5 Å². The fourth-order valence-corrected chi connectivity index (χ4v) is 3.34. The molecule has 0 radical (unpaired) electrons. The van der Waals surface area contributed by atoms with Gasteiger partial charge in [-0.05, 0) is 37.0 Å². The van der Waals surface area contributed by atoms with Crippen LogP contribution in [0.25, 0.3) is 0 Å². The van der Waals surface area contributed by atoms with Gasteiger partial charge in [-0.15, -0.1) is 0 Å². The fourth-order valence-electron chi connectivity index (χ4n) is 2.70. The van der Waals surface area contributed by atoms with Crippen molar-refractivity contribution in [1.82, 2.24) is 0 Å². The minimum atomic E-state index is -1.31. The van der Waals surface area contributed by atoms with Crippen LogP contribution in [-0.4, -0.2) is 36.7 Å². The molecule has 2 rings (SSSR count). The summed E-state index contributed by atoms with van der Waals surface area (Å²) in [5.74, 6) is -2.62. The van der Waals surface area contributed by atoms with E-state index in [1.165, 1.54) is 7.11 Å². The molecule has 27 heavy (non-hydrogen) atoms. The second-order valence-corrected chi connectivity index (χ2v) is 6.86. The van der Waals surface area contributed by atoms with Crippen molar-refractivity contribution in [2.75, 3.05) is 13.7 Å². The number of esters is 2. The molecular weight excluding hydrogens is 399 g/mol. The first-order valence-electron chi connectivity index (χ1n) is 8.00. The number of carboxylic acids is 1. The summed E-state index contributed by atoms with van der Waals surface area (Å²) in [4.78, 5) is 34.3. The number of methoxy groups -OCH3 is 1. The Morgan fingerprint density at radius 1 is 1.22 bits per heavy atom. The molecule has 0 bridgehead atoms. The Bertz CT molecular complexity index is 761. The Morgan fingerprint density at radius 2 is 1.81 bits per heavy atom. The van der Waals surface area contributed by atoms with Gasteiger partial charge in [-0.2, -0.15) is 0 Å². The second-order valence-electron chi connectivity index (χ2n) is 6.05. The highest BCUT2D eigenvalue weighted by Gasteiger charge is 2.43. The number of rotatable bonds is 8. The average Bonchev–Trinajstić information content (AvgIpc) is 2.55. The summed E-state index contributed by atoms with van der Waals surface area (Å²) in [7, 11) is 1.45. The van der Waals surface area contributed by atoms with E-state index in [4.69, 9.17) is 37.8 Å². The highest BCUT2D eigenvalue weighted by Crippen LogP contribution is 2.48. The molecule has 0 aliphatic heterocycles. The summed E-state index contributed by atoms with van der Waals surface area (Å²) in [6.07, 6.45) is 1.58. The molecule has 7 nitrogen and oxygen atoms in total. The molecule has 0 unspecified atom stereocenters. The largest absolute Gasteiger partial charge is 0.494 e. The highest BCUT2D eigenvalue weighted by atomic mass is 35.5. The third-order valence-electron chi connectivity index (χ3n) is 4.17. The molecule has 146 valence electrons. The van der Waals surface area contributed by atoms with Crippen molar-refractivity contribution in [2.45, 2.75) is 31.3 Å². The van der Waals surface area contributed by atoms with Crippen LogP contribution in [0, 0.1) is 0 Å². The standard InChI is InChI=1S/C18H18Cl2O7/c1-10(17(24)26-9-14(21)22)6-15(23)27-18(4-3-5-18)11-7-12(19)16(25-2)13(20)8-11/h7-8H,1,3-6,9H2,2H3,(H,21,22). The van der Waals surface area contributed by atoms with Crippen molar-refractivity contribution in [3.05, 3.63) is 39.9 Å². The Hall–Kier alpha value is -2.25. The fraction of sp³-hybridized carbons (Fsp3) is 0.389. The van der Waals surface area contributed by atoms with E-state index in [0.29, 0.717) is 34.2 Å². The van der Waals surface area contributed by atoms with Gasteiger partial charge in [-0.1, -0.05) is 29.8 Å². The Kier molecular flexibility index (Phi) is 6.73. The lowest BCUT2D eigenvalue weighted by atomic mass is 9.74. The van der Waals surface area contributed by atoms with Crippen molar-refractivity contribution in [1.29, 1.82) is 0 Å². The van der Waals surface area contributed by atoms with Crippen molar-refractivity contribution in [3.63, 3.8) is 0 Å². The molecule has 1 saturated carbocycles. The molecule has 0 aromatic heterocycles. The third kappa shape index (κ3) is 4.93. The molecular formula is C18H18Cl2O7. The van der Waals surface area contributed by atoms with Gasteiger partial charge in [0.15, 0.2) is 12.4 Å². The Morgan fingerprint density at radius 3 is 2.26 bits per heavy atom. The summed E-state index contributed by atoms with van der Waals surface area (Å²) in [5, 5.41) is 9.09. The van der Waals surface area contributed by atoms with Gasteiger partial charge in [0.25, 0.3) is 0 Å². The maximum atomic E-state index is 12.3.